The Kier molecular flexibility index (Phi) is 12.3. The average molecular weight is 793 g/mol. The number of imidazole rings is 2. The molecule has 7 rings (SSSR count). The molecule has 3 saturated heterocycles. The van der Waals surface area contributed by atoms with Gasteiger partial charge >= 0.3 is 12.2 Å². The molecule has 5 heterocycles. The lowest BCUT2D eigenvalue weighted by Crippen LogP contribution is -2.54. The van der Waals surface area contributed by atoms with Gasteiger partial charge in [-0.3, -0.25) is 9.59 Å². The maximum atomic E-state index is 14.1. The summed E-state index contributed by atoms with van der Waals surface area (Å²) >= 11 is 0. The van der Waals surface area contributed by atoms with E-state index >= 15 is 0 Å². The van der Waals surface area contributed by atoms with Crippen molar-refractivity contribution in [3.8, 4) is 23.1 Å². The van der Waals surface area contributed by atoms with Gasteiger partial charge in [0.15, 0.2) is 0 Å². The van der Waals surface area contributed by atoms with E-state index in [1.807, 2.05) is 49.9 Å². The Labute approximate surface area is 338 Å². The Morgan fingerprint density at radius 1 is 0.828 bits per heavy atom. The first-order valence-corrected chi connectivity index (χ1v) is 20.1. The number of nitrogens with one attached hydrogen (secondary N) is 4. The average Bonchev–Trinajstić information content (AvgIpc) is 4.08. The summed E-state index contributed by atoms with van der Waals surface area (Å²) < 4.78 is 15.2. The van der Waals surface area contributed by atoms with E-state index in [0.717, 1.165) is 53.3 Å². The molecule has 0 saturated carbocycles. The Bertz CT molecular complexity index is 2200. The number of alkyl carbamates (subject to hydrolysis) is 2. The summed E-state index contributed by atoms with van der Waals surface area (Å²) in [5.41, 5.74) is 3.29. The van der Waals surface area contributed by atoms with Crippen molar-refractivity contribution < 1.29 is 33.4 Å². The first-order chi connectivity index (χ1) is 28.0. The monoisotopic (exact) mass is 792 g/mol. The van der Waals surface area contributed by atoms with E-state index in [0.29, 0.717) is 49.9 Å². The van der Waals surface area contributed by atoms with Gasteiger partial charge in [0.05, 0.1) is 44.4 Å². The molecule has 0 bridgehead atoms. The number of fused-ring (bicyclic) bond motifs is 1. The smallest absolute Gasteiger partial charge is 0.407 e. The van der Waals surface area contributed by atoms with E-state index in [1.165, 1.54) is 14.2 Å². The predicted octanol–water partition coefficient (Wildman–Crippen LogP) is 5.60. The van der Waals surface area contributed by atoms with Gasteiger partial charge in [-0.2, -0.15) is 0 Å². The molecule has 306 valence electrons. The molecular weight excluding hydrogens is 741 g/mol. The number of likely N-dealkylation sites (tertiary alicyclic amines) is 2. The quantitative estimate of drug-likeness (QED) is 0.157. The van der Waals surface area contributed by atoms with Crippen LogP contribution in [0.4, 0.5) is 9.59 Å². The number of carbonyl (C=O) groups excluding carboxylic acids is 4. The molecule has 3 aliphatic heterocycles. The standard InChI is InChI=1S/C43H52N8O7/c1-25(2)36(48-42(54)56-4)40(52)50-18-6-7-34(50)38-45-24-33(47-38)31-13-12-29-21-27(9-11-30(29)22-31)10-14-32-23-44-39(46-32)35-15-8-26(3)51(35)41(53)37(49-43(55)57-5)28-16-19-58-20-17-28/h9,11-13,21-26,28,34-37H,6-8,15-20H2,1-5H3,(H,44,46)(H,45,47)(H,48,54)(H,49,55)/t26?,34-,35-,36-,37-/m0/s1. The molecule has 0 aliphatic carbocycles. The molecule has 15 nitrogen and oxygen atoms in total. The van der Waals surface area contributed by atoms with Gasteiger partial charge in [-0.25, -0.2) is 19.6 Å². The van der Waals surface area contributed by atoms with Gasteiger partial charge in [-0.15, -0.1) is 0 Å². The van der Waals surface area contributed by atoms with Crippen molar-refractivity contribution in [2.24, 2.45) is 11.8 Å². The minimum Gasteiger partial charge on any atom is -0.453 e. The first kappa shape index (κ1) is 40.3. The van der Waals surface area contributed by atoms with Crippen LogP contribution in [0.2, 0.25) is 0 Å². The second-order valence-electron chi connectivity index (χ2n) is 15.7. The molecule has 15 heteroatoms. The van der Waals surface area contributed by atoms with Crippen molar-refractivity contribution in [3.63, 3.8) is 0 Å². The van der Waals surface area contributed by atoms with Crippen molar-refractivity contribution in [1.82, 2.24) is 40.4 Å². The largest absolute Gasteiger partial charge is 0.453 e. The van der Waals surface area contributed by atoms with Crippen molar-refractivity contribution in [3.05, 3.63) is 71.7 Å². The highest BCUT2D eigenvalue weighted by molar-refractivity contribution is 5.89. The van der Waals surface area contributed by atoms with E-state index in [1.54, 1.807) is 17.3 Å². The van der Waals surface area contributed by atoms with Crippen molar-refractivity contribution >= 4 is 34.8 Å². The molecule has 4 aromatic rings. The minimum absolute atomic E-state index is 0.0264. The van der Waals surface area contributed by atoms with Crippen molar-refractivity contribution in [1.29, 1.82) is 0 Å². The van der Waals surface area contributed by atoms with Crippen LogP contribution in [0, 0.1) is 23.7 Å². The molecule has 0 spiro atoms. The molecule has 0 radical (unpaired) electrons. The van der Waals surface area contributed by atoms with Crippen LogP contribution in [0.1, 0.15) is 94.3 Å². The third-order valence-electron chi connectivity index (χ3n) is 11.6. The number of carbonyl (C=O) groups is 4. The van der Waals surface area contributed by atoms with Crippen LogP contribution in [0.15, 0.2) is 48.8 Å². The Balaban J connectivity index is 1.03. The number of aromatic nitrogens is 4. The molecular formula is C43H52N8O7. The van der Waals surface area contributed by atoms with E-state index in [2.05, 4.69) is 54.5 Å². The number of hydrogen-bond donors (Lipinski definition) is 4. The minimum atomic E-state index is -0.712. The maximum absolute atomic E-state index is 14.1. The zero-order chi connectivity index (χ0) is 40.9. The highest BCUT2D eigenvalue weighted by Crippen LogP contribution is 2.37. The molecule has 2 aromatic heterocycles. The van der Waals surface area contributed by atoms with Crippen LogP contribution in [-0.4, -0.2) is 106 Å². The predicted molar refractivity (Wildman–Crippen MR) is 215 cm³/mol. The number of methoxy groups -OCH3 is 2. The summed E-state index contributed by atoms with van der Waals surface area (Å²) in [6.07, 6.45) is 6.77. The van der Waals surface area contributed by atoms with Gasteiger partial charge < -0.3 is 44.6 Å². The summed E-state index contributed by atoms with van der Waals surface area (Å²) in [5, 5.41) is 7.57. The molecule has 58 heavy (non-hydrogen) atoms. The van der Waals surface area contributed by atoms with Gasteiger partial charge in [0.2, 0.25) is 11.8 Å². The highest BCUT2D eigenvalue weighted by Gasteiger charge is 2.43. The summed E-state index contributed by atoms with van der Waals surface area (Å²) in [6.45, 7) is 7.51. The second-order valence-corrected chi connectivity index (χ2v) is 15.7. The number of amides is 4. The number of aromatic amines is 2. The molecule has 3 fully saturated rings. The molecule has 4 N–H and O–H groups in total. The van der Waals surface area contributed by atoms with Crippen LogP contribution >= 0.6 is 0 Å². The molecule has 1 unspecified atom stereocenters. The summed E-state index contributed by atoms with van der Waals surface area (Å²) in [7, 11) is 2.59. The number of rotatable bonds is 9. The number of hydrogen-bond acceptors (Lipinski definition) is 9. The molecule has 3 aliphatic rings. The number of benzene rings is 2. The fourth-order valence-electron chi connectivity index (χ4n) is 8.45. The second kappa shape index (κ2) is 17.7. The molecule has 5 atom stereocenters. The van der Waals surface area contributed by atoms with Gasteiger partial charge in [0.25, 0.3) is 0 Å². The lowest BCUT2D eigenvalue weighted by molar-refractivity contribution is -0.138. The van der Waals surface area contributed by atoms with E-state index < -0.39 is 24.3 Å². The number of ether oxygens (including phenoxy) is 3. The summed E-state index contributed by atoms with van der Waals surface area (Å²) in [5.74, 6) is 7.40. The lowest BCUT2D eigenvalue weighted by atomic mass is 9.90. The Hall–Kier alpha value is -5.88. The van der Waals surface area contributed by atoms with E-state index in [4.69, 9.17) is 14.2 Å². The van der Waals surface area contributed by atoms with E-state index in [9.17, 15) is 19.2 Å². The molecule has 2 aromatic carbocycles. The lowest BCUT2D eigenvalue weighted by Gasteiger charge is -2.36. The third kappa shape index (κ3) is 8.67. The summed E-state index contributed by atoms with van der Waals surface area (Å²) in [4.78, 5) is 71.7. The van der Waals surface area contributed by atoms with Crippen LogP contribution in [0.25, 0.3) is 22.0 Å². The zero-order valence-electron chi connectivity index (χ0n) is 33.7. The Morgan fingerprint density at radius 3 is 2.29 bits per heavy atom. The normalized spacial score (nSPS) is 20.7. The van der Waals surface area contributed by atoms with Gasteiger partial charge in [-0.1, -0.05) is 38.0 Å². The van der Waals surface area contributed by atoms with Crippen LogP contribution < -0.4 is 10.6 Å². The highest BCUT2D eigenvalue weighted by atomic mass is 16.5. The van der Waals surface area contributed by atoms with Gasteiger partial charge in [0.1, 0.15) is 29.4 Å². The maximum Gasteiger partial charge on any atom is 0.407 e. The van der Waals surface area contributed by atoms with Crippen molar-refractivity contribution in [2.45, 2.75) is 89.5 Å². The van der Waals surface area contributed by atoms with Crippen LogP contribution in [-0.2, 0) is 23.8 Å². The topological polar surface area (TPSA) is 184 Å². The van der Waals surface area contributed by atoms with Gasteiger partial charge in [0, 0.05) is 36.9 Å². The fraction of sp³-hybridized carbons (Fsp3) is 0.488. The zero-order valence-corrected chi connectivity index (χ0v) is 33.7. The first-order valence-electron chi connectivity index (χ1n) is 20.1. The fourth-order valence-corrected chi connectivity index (χ4v) is 8.45. The number of nitrogens with zero attached hydrogens (tertiary/aromatic N) is 4. The van der Waals surface area contributed by atoms with Crippen LogP contribution in [0.5, 0.6) is 0 Å². The summed E-state index contributed by atoms with van der Waals surface area (Å²) in [6, 6.07) is 10.3. The SMILES string of the molecule is COC(=O)N[C@H](C(=O)N1CCC[C@H]1c1ncc(-c2ccc3cc(C#Cc4cnc([C@@H]5CCC(C)N5C(=O)[C@@H](NC(=O)OC)C5CCOCC5)[nH]4)ccc3c2)[nH]1)C(C)C. The van der Waals surface area contributed by atoms with Crippen LogP contribution in [0.3, 0.4) is 0 Å². The Morgan fingerprint density at radius 2 is 1.53 bits per heavy atom. The van der Waals surface area contributed by atoms with Crippen molar-refractivity contribution in [2.75, 3.05) is 34.0 Å². The molecule has 4 amide bonds. The number of H-pyrrole nitrogens is 2. The van der Waals surface area contributed by atoms with Gasteiger partial charge in [-0.05, 0) is 92.2 Å². The third-order valence-corrected chi connectivity index (χ3v) is 11.6. The van der Waals surface area contributed by atoms with E-state index in [-0.39, 0.29) is 41.8 Å².